The van der Waals surface area contributed by atoms with Gasteiger partial charge in [0, 0.05) is 18.3 Å². The Labute approximate surface area is 178 Å². The molecule has 1 atom stereocenters. The minimum Gasteiger partial charge on any atom is -0.479 e. The van der Waals surface area contributed by atoms with Gasteiger partial charge in [0.2, 0.25) is 0 Å². The lowest BCUT2D eigenvalue weighted by Gasteiger charge is -2.32. The molecule has 0 fully saturated rings. The Kier molecular flexibility index (Phi) is 5.36. The number of fused-ring (bicyclic) bond motifs is 1. The van der Waals surface area contributed by atoms with Gasteiger partial charge in [-0.1, -0.05) is 36.4 Å². The summed E-state index contributed by atoms with van der Waals surface area (Å²) >= 11 is 0. The number of anilines is 1. The highest BCUT2D eigenvalue weighted by molar-refractivity contribution is 7.87. The highest BCUT2D eigenvalue weighted by Gasteiger charge is 2.48. The van der Waals surface area contributed by atoms with E-state index in [0.717, 1.165) is 5.56 Å². The Bertz CT molecular complexity index is 1190. The van der Waals surface area contributed by atoms with Crippen molar-refractivity contribution in [1.82, 2.24) is 14.9 Å². The standard InChI is InChI=1S/C21H19FN4O4S/c22-16-8-10-17(11-9-16)26-19-7-4-12-21(20(27)28,18(19)14-23-26)25-31(29,30)24-13-15-5-2-1-3-6-15/h1-12,14,23-25H,13H2,(H,27,28). The van der Waals surface area contributed by atoms with Crippen LogP contribution in [0.2, 0.25) is 0 Å². The summed E-state index contributed by atoms with van der Waals surface area (Å²) in [5.41, 5.74) is 2.76. The van der Waals surface area contributed by atoms with E-state index in [1.807, 2.05) is 6.07 Å². The van der Waals surface area contributed by atoms with Crippen LogP contribution in [-0.2, 0) is 21.5 Å². The zero-order chi connectivity index (χ0) is 22.1. The van der Waals surface area contributed by atoms with Crippen LogP contribution in [-0.4, -0.2) is 25.0 Å². The Morgan fingerprint density at radius 3 is 2.52 bits per heavy atom. The maximum atomic E-state index is 13.3. The number of rotatable bonds is 7. The summed E-state index contributed by atoms with van der Waals surface area (Å²) in [6, 6.07) is 14.4. The first-order valence-corrected chi connectivity index (χ1v) is 10.8. The van der Waals surface area contributed by atoms with E-state index in [2.05, 4.69) is 14.9 Å². The smallest absolute Gasteiger partial charge is 0.333 e. The van der Waals surface area contributed by atoms with Gasteiger partial charge in [0.25, 0.3) is 10.2 Å². The number of benzene rings is 2. The van der Waals surface area contributed by atoms with E-state index in [0.29, 0.717) is 11.4 Å². The topological polar surface area (TPSA) is 111 Å². The predicted molar refractivity (Wildman–Crippen MR) is 113 cm³/mol. The lowest BCUT2D eigenvalue weighted by molar-refractivity contribution is -0.140. The number of hydrogen-bond donors (Lipinski definition) is 4. The van der Waals surface area contributed by atoms with Crippen molar-refractivity contribution in [1.29, 1.82) is 0 Å². The van der Waals surface area contributed by atoms with Crippen molar-refractivity contribution in [3.8, 4) is 0 Å². The summed E-state index contributed by atoms with van der Waals surface area (Å²) in [5.74, 6) is -1.81. The SMILES string of the molecule is O=C(O)C1(NS(=O)(=O)NCc2ccccc2)C=CC=C2C1=CNN2c1ccc(F)cc1. The Balaban J connectivity index is 1.60. The minimum absolute atomic E-state index is 0.00269. The molecule has 1 unspecified atom stereocenters. The second kappa shape index (κ2) is 7.99. The van der Waals surface area contributed by atoms with Crippen LogP contribution in [0.25, 0.3) is 0 Å². The zero-order valence-electron chi connectivity index (χ0n) is 16.1. The zero-order valence-corrected chi connectivity index (χ0v) is 16.9. The van der Waals surface area contributed by atoms with Gasteiger partial charge in [-0.3, -0.25) is 5.01 Å². The molecule has 31 heavy (non-hydrogen) atoms. The third kappa shape index (κ3) is 4.08. The van der Waals surface area contributed by atoms with Gasteiger partial charge in [0.1, 0.15) is 5.82 Å². The van der Waals surface area contributed by atoms with Crippen LogP contribution in [0.4, 0.5) is 10.1 Å². The second-order valence-corrected chi connectivity index (χ2v) is 8.44. The maximum absolute atomic E-state index is 13.3. The summed E-state index contributed by atoms with van der Waals surface area (Å²) in [5, 5.41) is 11.6. The van der Waals surface area contributed by atoms with E-state index in [1.54, 1.807) is 35.4 Å². The fraction of sp³-hybridized carbons (Fsp3) is 0.0952. The number of carboxylic acids is 1. The van der Waals surface area contributed by atoms with Gasteiger partial charge in [-0.15, -0.1) is 0 Å². The maximum Gasteiger partial charge on any atom is 0.333 e. The molecule has 0 aromatic heterocycles. The van der Waals surface area contributed by atoms with Crippen LogP contribution in [0.15, 0.2) is 90.3 Å². The summed E-state index contributed by atoms with van der Waals surface area (Å²) in [6.07, 6.45) is 5.78. The van der Waals surface area contributed by atoms with Crippen molar-refractivity contribution in [3.63, 3.8) is 0 Å². The molecule has 0 bridgehead atoms. The third-order valence-electron chi connectivity index (χ3n) is 4.91. The summed E-state index contributed by atoms with van der Waals surface area (Å²) in [6.45, 7) is -0.00269. The van der Waals surface area contributed by atoms with Crippen LogP contribution in [0.5, 0.6) is 0 Å². The molecule has 4 rings (SSSR count). The van der Waals surface area contributed by atoms with Crippen LogP contribution < -0.4 is 19.9 Å². The molecule has 2 aromatic rings. The van der Waals surface area contributed by atoms with Crippen LogP contribution >= 0.6 is 0 Å². The first kappa shape index (κ1) is 20.8. The number of allylic oxidation sites excluding steroid dienone is 2. The quantitative estimate of drug-likeness (QED) is 0.522. The van der Waals surface area contributed by atoms with Gasteiger partial charge in [-0.25, -0.2) is 9.18 Å². The van der Waals surface area contributed by atoms with Crippen molar-refractivity contribution in [3.05, 3.63) is 102 Å². The summed E-state index contributed by atoms with van der Waals surface area (Å²) in [7, 11) is -4.21. The highest BCUT2D eigenvalue weighted by Crippen LogP contribution is 2.37. The van der Waals surface area contributed by atoms with Crippen LogP contribution in [0.3, 0.4) is 0 Å². The number of hydrogen-bond acceptors (Lipinski definition) is 5. The normalized spacial score (nSPS) is 20.0. The molecule has 1 aliphatic heterocycles. The Morgan fingerprint density at radius 2 is 1.84 bits per heavy atom. The molecular weight excluding hydrogens is 423 g/mol. The lowest BCUT2D eigenvalue weighted by atomic mass is 9.85. The number of nitrogens with zero attached hydrogens (tertiary/aromatic N) is 1. The molecule has 0 saturated heterocycles. The first-order chi connectivity index (χ1) is 14.8. The molecule has 2 aromatic carbocycles. The van der Waals surface area contributed by atoms with E-state index in [-0.39, 0.29) is 12.1 Å². The van der Waals surface area contributed by atoms with Gasteiger partial charge in [-0.2, -0.15) is 17.9 Å². The number of carboxylic acid groups (broad SMARTS) is 1. The number of carbonyl (C=O) groups is 1. The number of aliphatic carboxylic acids is 1. The van der Waals surface area contributed by atoms with Crippen molar-refractivity contribution in [2.75, 3.05) is 5.01 Å². The van der Waals surface area contributed by atoms with Gasteiger partial charge in [0.05, 0.1) is 11.4 Å². The van der Waals surface area contributed by atoms with E-state index < -0.39 is 27.5 Å². The van der Waals surface area contributed by atoms with Gasteiger partial charge in [0.15, 0.2) is 5.54 Å². The predicted octanol–water partition coefficient (Wildman–Crippen LogP) is 1.94. The summed E-state index contributed by atoms with van der Waals surface area (Å²) in [4.78, 5) is 12.3. The number of nitrogens with one attached hydrogen (secondary N) is 3. The van der Waals surface area contributed by atoms with Gasteiger partial charge < -0.3 is 10.5 Å². The fourth-order valence-electron chi connectivity index (χ4n) is 3.39. The monoisotopic (exact) mass is 442 g/mol. The average Bonchev–Trinajstić information content (AvgIpc) is 3.19. The number of halogens is 1. The van der Waals surface area contributed by atoms with Crippen molar-refractivity contribution < 1.29 is 22.7 Å². The van der Waals surface area contributed by atoms with E-state index >= 15 is 0 Å². The van der Waals surface area contributed by atoms with Gasteiger partial charge >= 0.3 is 5.97 Å². The molecule has 10 heteroatoms. The van der Waals surface area contributed by atoms with Crippen LogP contribution in [0.1, 0.15) is 5.56 Å². The van der Waals surface area contributed by atoms with Crippen LogP contribution in [0, 0.1) is 5.82 Å². The largest absolute Gasteiger partial charge is 0.479 e. The first-order valence-electron chi connectivity index (χ1n) is 9.29. The summed E-state index contributed by atoms with van der Waals surface area (Å²) < 4.78 is 43.4. The van der Waals surface area contributed by atoms with Crippen molar-refractivity contribution in [2.24, 2.45) is 0 Å². The molecule has 1 aliphatic carbocycles. The number of hydrazine groups is 1. The second-order valence-electron chi connectivity index (χ2n) is 6.94. The molecule has 1 heterocycles. The van der Waals surface area contributed by atoms with Gasteiger partial charge in [-0.05, 0) is 42.0 Å². The molecule has 2 aliphatic rings. The fourth-order valence-corrected chi connectivity index (χ4v) is 4.51. The highest BCUT2D eigenvalue weighted by atomic mass is 32.2. The molecule has 0 spiro atoms. The molecule has 4 N–H and O–H groups in total. The lowest BCUT2D eigenvalue weighted by Crippen LogP contribution is -2.58. The molecule has 0 amide bonds. The molecule has 0 saturated carbocycles. The van der Waals surface area contributed by atoms with E-state index in [9.17, 15) is 22.7 Å². The Morgan fingerprint density at radius 1 is 1.13 bits per heavy atom. The molecule has 160 valence electrons. The van der Waals surface area contributed by atoms with Crippen molar-refractivity contribution in [2.45, 2.75) is 12.1 Å². The van der Waals surface area contributed by atoms with E-state index in [1.165, 1.54) is 42.6 Å². The van der Waals surface area contributed by atoms with E-state index in [4.69, 9.17) is 0 Å². The third-order valence-corrected chi connectivity index (χ3v) is 6.02. The minimum atomic E-state index is -4.21. The van der Waals surface area contributed by atoms with Crippen molar-refractivity contribution >= 4 is 21.9 Å². The average molecular weight is 442 g/mol. The molecule has 0 radical (unpaired) electrons. The Hall–Kier alpha value is -3.47. The molecule has 8 nitrogen and oxygen atoms in total. The molecular formula is C21H19FN4O4S.